The smallest absolute Gasteiger partial charge is 0.234 e. The molecule has 1 aliphatic rings. The van der Waals surface area contributed by atoms with Gasteiger partial charge in [0.25, 0.3) is 0 Å². The van der Waals surface area contributed by atoms with Gasteiger partial charge in [0.1, 0.15) is 11.1 Å². The van der Waals surface area contributed by atoms with Crippen LogP contribution in [0.1, 0.15) is 11.1 Å². The van der Waals surface area contributed by atoms with Crippen molar-refractivity contribution in [2.45, 2.75) is 11.9 Å². The van der Waals surface area contributed by atoms with E-state index in [9.17, 15) is 10.1 Å². The topological polar surface area (TPSA) is 84.2 Å². The van der Waals surface area contributed by atoms with E-state index in [2.05, 4.69) is 16.4 Å². The Bertz CT molecular complexity index is 1090. The van der Waals surface area contributed by atoms with Crippen LogP contribution in [0.4, 0.5) is 5.69 Å². The minimum absolute atomic E-state index is 0.147. The van der Waals surface area contributed by atoms with Crippen molar-refractivity contribution in [1.82, 2.24) is 4.98 Å². The second-order valence-electron chi connectivity index (χ2n) is 6.00. The quantitative estimate of drug-likeness (QED) is 0.695. The molecule has 0 fully saturated rings. The standard InChI is InChI=1S/C20H15N3O3S/c1-12-4-2-3-5-15(12)22-19(24)10-27-20-14(9-21)6-13-7-17-18(26-11-25-17)8-16(13)23-20/h2-8H,10-11H2,1H3,(H,22,24). The molecule has 1 N–H and O–H groups in total. The number of rotatable bonds is 4. The van der Waals surface area contributed by atoms with Gasteiger partial charge in [0.2, 0.25) is 12.7 Å². The molecule has 0 saturated carbocycles. The summed E-state index contributed by atoms with van der Waals surface area (Å²) in [6.45, 7) is 2.11. The Labute approximate surface area is 160 Å². The number of carbonyl (C=O) groups excluding carboxylic acids is 1. The van der Waals surface area contributed by atoms with Crippen LogP contribution < -0.4 is 14.8 Å². The first kappa shape index (κ1) is 17.2. The number of hydrogen-bond donors (Lipinski definition) is 1. The molecule has 1 aromatic heterocycles. The van der Waals surface area contributed by atoms with Gasteiger partial charge in [-0.1, -0.05) is 30.0 Å². The zero-order valence-corrected chi connectivity index (χ0v) is 15.3. The molecule has 0 spiro atoms. The molecule has 27 heavy (non-hydrogen) atoms. The summed E-state index contributed by atoms with van der Waals surface area (Å²) in [4.78, 5) is 16.8. The Morgan fingerprint density at radius 1 is 1.26 bits per heavy atom. The highest BCUT2D eigenvalue weighted by molar-refractivity contribution is 8.00. The summed E-state index contributed by atoms with van der Waals surface area (Å²) in [6.07, 6.45) is 0. The molecule has 134 valence electrons. The predicted molar refractivity (Wildman–Crippen MR) is 103 cm³/mol. The van der Waals surface area contributed by atoms with E-state index in [1.54, 1.807) is 12.1 Å². The summed E-state index contributed by atoms with van der Waals surface area (Å²) in [6, 6.07) is 15.1. The van der Waals surface area contributed by atoms with Crippen LogP contribution in [0.15, 0.2) is 47.5 Å². The van der Waals surface area contributed by atoms with E-state index < -0.39 is 0 Å². The number of fused-ring (bicyclic) bond motifs is 2. The fraction of sp³-hybridized carbons (Fsp3) is 0.150. The van der Waals surface area contributed by atoms with Crippen molar-refractivity contribution in [3.8, 4) is 17.6 Å². The van der Waals surface area contributed by atoms with Crippen LogP contribution in [0, 0.1) is 18.3 Å². The van der Waals surface area contributed by atoms with E-state index in [0.717, 1.165) is 16.6 Å². The highest BCUT2D eigenvalue weighted by atomic mass is 32.2. The van der Waals surface area contributed by atoms with Crippen LogP contribution in [0.3, 0.4) is 0 Å². The van der Waals surface area contributed by atoms with Gasteiger partial charge in [-0.15, -0.1) is 0 Å². The van der Waals surface area contributed by atoms with Crippen LogP contribution in [-0.2, 0) is 4.79 Å². The molecule has 1 aliphatic heterocycles. The van der Waals surface area contributed by atoms with E-state index in [0.29, 0.717) is 27.6 Å². The number of thioether (sulfide) groups is 1. The first-order valence-electron chi connectivity index (χ1n) is 8.27. The van der Waals surface area contributed by atoms with Gasteiger partial charge in [0.05, 0.1) is 16.8 Å². The number of benzene rings is 2. The van der Waals surface area contributed by atoms with Crippen LogP contribution in [0.25, 0.3) is 10.9 Å². The lowest BCUT2D eigenvalue weighted by atomic mass is 10.1. The maximum atomic E-state index is 12.3. The fourth-order valence-corrected chi connectivity index (χ4v) is 3.53. The fourth-order valence-electron chi connectivity index (χ4n) is 2.77. The molecule has 0 unspecified atom stereocenters. The average molecular weight is 377 g/mol. The number of aryl methyl sites for hydroxylation is 1. The molecule has 7 heteroatoms. The molecule has 3 aromatic rings. The third-order valence-electron chi connectivity index (χ3n) is 4.15. The molecule has 0 atom stereocenters. The van der Waals surface area contributed by atoms with Crippen molar-refractivity contribution < 1.29 is 14.3 Å². The van der Waals surface area contributed by atoms with Gasteiger partial charge in [0, 0.05) is 17.1 Å². The van der Waals surface area contributed by atoms with Gasteiger partial charge in [-0.05, 0) is 30.7 Å². The average Bonchev–Trinajstić information content (AvgIpc) is 3.12. The second kappa shape index (κ2) is 7.17. The SMILES string of the molecule is Cc1ccccc1NC(=O)CSc1nc2cc3c(cc2cc1C#N)OCO3. The molecular weight excluding hydrogens is 362 g/mol. The number of amides is 1. The number of para-hydroxylation sites is 1. The molecular formula is C20H15N3O3S. The Hall–Kier alpha value is -3.24. The molecule has 2 heterocycles. The van der Waals surface area contributed by atoms with Crippen LogP contribution >= 0.6 is 11.8 Å². The highest BCUT2D eigenvalue weighted by Gasteiger charge is 2.17. The van der Waals surface area contributed by atoms with Crippen LogP contribution in [-0.4, -0.2) is 23.4 Å². The summed E-state index contributed by atoms with van der Waals surface area (Å²) >= 11 is 1.24. The minimum atomic E-state index is -0.147. The molecule has 0 aliphatic carbocycles. The Morgan fingerprint density at radius 2 is 2.04 bits per heavy atom. The predicted octanol–water partition coefficient (Wildman–Crippen LogP) is 3.87. The number of pyridine rings is 1. The van der Waals surface area contributed by atoms with Gasteiger partial charge < -0.3 is 14.8 Å². The minimum Gasteiger partial charge on any atom is -0.454 e. The zero-order chi connectivity index (χ0) is 18.8. The Morgan fingerprint density at radius 3 is 2.81 bits per heavy atom. The Balaban J connectivity index is 1.54. The molecule has 4 rings (SSSR count). The van der Waals surface area contributed by atoms with Gasteiger partial charge in [-0.3, -0.25) is 4.79 Å². The summed E-state index contributed by atoms with van der Waals surface area (Å²) in [5.74, 6) is 1.29. The van der Waals surface area contributed by atoms with Gasteiger partial charge in [0.15, 0.2) is 11.5 Å². The Kier molecular flexibility index (Phi) is 4.57. The van der Waals surface area contributed by atoms with E-state index in [1.807, 2.05) is 37.3 Å². The monoisotopic (exact) mass is 377 g/mol. The molecule has 1 amide bonds. The summed E-state index contributed by atoms with van der Waals surface area (Å²) in [7, 11) is 0. The molecule has 6 nitrogen and oxygen atoms in total. The second-order valence-corrected chi connectivity index (χ2v) is 6.97. The van der Waals surface area contributed by atoms with Crippen molar-refractivity contribution in [2.24, 2.45) is 0 Å². The number of nitriles is 1. The largest absolute Gasteiger partial charge is 0.454 e. The third kappa shape index (κ3) is 3.52. The van der Waals surface area contributed by atoms with Crippen LogP contribution in [0.2, 0.25) is 0 Å². The zero-order valence-electron chi connectivity index (χ0n) is 14.5. The lowest BCUT2D eigenvalue weighted by Crippen LogP contribution is -2.15. The molecule has 0 saturated heterocycles. The maximum Gasteiger partial charge on any atom is 0.234 e. The first-order valence-corrected chi connectivity index (χ1v) is 9.25. The van der Waals surface area contributed by atoms with E-state index in [4.69, 9.17) is 9.47 Å². The van der Waals surface area contributed by atoms with E-state index in [1.165, 1.54) is 11.8 Å². The third-order valence-corrected chi connectivity index (χ3v) is 5.14. The summed E-state index contributed by atoms with van der Waals surface area (Å²) in [5.41, 5.74) is 2.89. The molecule has 0 radical (unpaired) electrons. The van der Waals surface area contributed by atoms with Crippen molar-refractivity contribution in [2.75, 3.05) is 17.9 Å². The number of anilines is 1. The molecule has 2 aromatic carbocycles. The van der Waals surface area contributed by atoms with E-state index >= 15 is 0 Å². The summed E-state index contributed by atoms with van der Waals surface area (Å²) in [5, 5.41) is 13.6. The number of carbonyl (C=O) groups is 1. The van der Waals surface area contributed by atoms with Crippen molar-refractivity contribution >= 4 is 34.3 Å². The number of ether oxygens (including phenoxy) is 2. The first-order chi connectivity index (χ1) is 13.1. The lowest BCUT2D eigenvalue weighted by Gasteiger charge is -2.09. The molecule has 0 bridgehead atoms. The van der Waals surface area contributed by atoms with Gasteiger partial charge in [-0.2, -0.15) is 5.26 Å². The number of hydrogen-bond acceptors (Lipinski definition) is 6. The van der Waals surface area contributed by atoms with Gasteiger partial charge in [-0.25, -0.2) is 4.98 Å². The van der Waals surface area contributed by atoms with Crippen molar-refractivity contribution in [1.29, 1.82) is 5.26 Å². The van der Waals surface area contributed by atoms with Crippen molar-refractivity contribution in [3.05, 3.63) is 53.6 Å². The lowest BCUT2D eigenvalue weighted by molar-refractivity contribution is -0.113. The van der Waals surface area contributed by atoms with Gasteiger partial charge >= 0.3 is 0 Å². The maximum absolute atomic E-state index is 12.3. The van der Waals surface area contributed by atoms with E-state index in [-0.39, 0.29) is 18.5 Å². The summed E-state index contributed by atoms with van der Waals surface area (Å²) < 4.78 is 10.7. The highest BCUT2D eigenvalue weighted by Crippen LogP contribution is 2.36. The van der Waals surface area contributed by atoms with Crippen LogP contribution in [0.5, 0.6) is 11.5 Å². The van der Waals surface area contributed by atoms with Crippen molar-refractivity contribution in [3.63, 3.8) is 0 Å². The number of nitrogens with one attached hydrogen (secondary N) is 1. The number of aromatic nitrogens is 1. The normalized spacial score (nSPS) is 12.0. The number of nitrogens with zero attached hydrogens (tertiary/aromatic N) is 2.